The number of carbonyl (C=O) groups is 1. The molecule has 1 amide bonds. The number of aromatic nitrogens is 1. The number of pyridine rings is 1. The smallest absolute Gasteiger partial charge is 0.269 e. The standard InChI is InChI=1S/C15H20F2N4O/c16-14(17)10-5-7-21(8-6-10)15(22)13(19)4-3-12-2-1-11(18)9-20-12/h1-2,9,13H,3-8,18-19H2. The fraction of sp³-hybridized carbons (Fsp3) is 0.467. The van der Waals surface area contributed by atoms with Gasteiger partial charge in [0.05, 0.1) is 17.9 Å². The van der Waals surface area contributed by atoms with Crippen molar-refractivity contribution in [3.05, 3.63) is 35.7 Å². The molecule has 0 radical (unpaired) electrons. The van der Waals surface area contributed by atoms with Gasteiger partial charge in [0, 0.05) is 18.8 Å². The van der Waals surface area contributed by atoms with Crippen LogP contribution in [0.4, 0.5) is 14.5 Å². The van der Waals surface area contributed by atoms with E-state index in [0.29, 0.717) is 31.6 Å². The van der Waals surface area contributed by atoms with Gasteiger partial charge < -0.3 is 16.4 Å². The molecule has 1 atom stereocenters. The zero-order valence-electron chi connectivity index (χ0n) is 12.3. The molecule has 0 spiro atoms. The van der Waals surface area contributed by atoms with Crippen LogP contribution in [0.25, 0.3) is 0 Å². The molecular formula is C15H20F2N4O. The normalized spacial score (nSPS) is 16.5. The molecule has 1 aliphatic rings. The van der Waals surface area contributed by atoms with Crippen molar-refractivity contribution in [2.24, 2.45) is 5.73 Å². The largest absolute Gasteiger partial charge is 0.397 e. The van der Waals surface area contributed by atoms with Gasteiger partial charge in [-0.05, 0) is 43.4 Å². The SMILES string of the molecule is Nc1ccc(CCC(N)C(=O)N2CCC(=C(F)F)CC2)nc1. The van der Waals surface area contributed by atoms with E-state index in [1.54, 1.807) is 23.2 Å². The number of piperidine rings is 1. The zero-order valence-corrected chi connectivity index (χ0v) is 12.3. The van der Waals surface area contributed by atoms with Gasteiger partial charge in [-0.2, -0.15) is 8.78 Å². The number of aryl methyl sites for hydroxylation is 1. The maximum absolute atomic E-state index is 12.5. The molecular weight excluding hydrogens is 290 g/mol. The number of nitrogens with two attached hydrogens (primary N) is 2. The highest BCUT2D eigenvalue weighted by atomic mass is 19.3. The van der Waals surface area contributed by atoms with Crippen molar-refractivity contribution in [2.75, 3.05) is 18.8 Å². The highest BCUT2D eigenvalue weighted by Crippen LogP contribution is 2.22. The summed E-state index contributed by atoms with van der Waals surface area (Å²) < 4.78 is 25.0. The number of likely N-dealkylation sites (tertiary alicyclic amines) is 1. The number of hydrogen-bond acceptors (Lipinski definition) is 4. The second-order valence-corrected chi connectivity index (χ2v) is 5.42. The molecule has 0 saturated carbocycles. The number of hydrogen-bond donors (Lipinski definition) is 2. The lowest BCUT2D eigenvalue weighted by Gasteiger charge is -2.30. The van der Waals surface area contributed by atoms with E-state index in [-0.39, 0.29) is 24.3 Å². The van der Waals surface area contributed by atoms with Crippen LogP contribution in [0.1, 0.15) is 25.0 Å². The minimum atomic E-state index is -1.62. The molecule has 1 fully saturated rings. The van der Waals surface area contributed by atoms with Crippen LogP contribution >= 0.6 is 0 Å². The van der Waals surface area contributed by atoms with Crippen LogP contribution in [-0.4, -0.2) is 34.9 Å². The Morgan fingerprint density at radius 1 is 1.32 bits per heavy atom. The van der Waals surface area contributed by atoms with E-state index in [2.05, 4.69) is 4.98 Å². The summed E-state index contributed by atoms with van der Waals surface area (Å²) in [5.74, 6) is -0.186. The molecule has 1 aromatic rings. The second kappa shape index (κ2) is 7.31. The molecule has 0 aromatic carbocycles. The fourth-order valence-electron chi connectivity index (χ4n) is 2.43. The average Bonchev–Trinajstić information content (AvgIpc) is 2.53. The van der Waals surface area contributed by atoms with Crippen molar-refractivity contribution < 1.29 is 13.6 Å². The van der Waals surface area contributed by atoms with E-state index in [1.807, 2.05) is 0 Å². The Kier molecular flexibility index (Phi) is 5.43. The number of nitrogen functional groups attached to an aromatic ring is 1. The fourth-order valence-corrected chi connectivity index (χ4v) is 2.43. The molecule has 0 aliphatic carbocycles. The summed E-state index contributed by atoms with van der Waals surface area (Å²) in [5.41, 5.74) is 13.0. The summed E-state index contributed by atoms with van der Waals surface area (Å²) in [7, 11) is 0. The minimum Gasteiger partial charge on any atom is -0.397 e. The van der Waals surface area contributed by atoms with Gasteiger partial charge in [0.2, 0.25) is 5.91 Å². The molecule has 1 unspecified atom stereocenters. The third kappa shape index (κ3) is 4.24. The van der Waals surface area contributed by atoms with Crippen LogP contribution in [0, 0.1) is 0 Å². The lowest BCUT2D eigenvalue weighted by Crippen LogP contribution is -2.46. The van der Waals surface area contributed by atoms with E-state index >= 15 is 0 Å². The quantitative estimate of drug-likeness (QED) is 0.886. The summed E-state index contributed by atoms with van der Waals surface area (Å²) >= 11 is 0. The van der Waals surface area contributed by atoms with E-state index in [9.17, 15) is 13.6 Å². The first-order chi connectivity index (χ1) is 10.5. The Morgan fingerprint density at radius 2 is 2.00 bits per heavy atom. The van der Waals surface area contributed by atoms with Gasteiger partial charge in [-0.15, -0.1) is 0 Å². The van der Waals surface area contributed by atoms with Gasteiger partial charge in [0.1, 0.15) is 0 Å². The number of amides is 1. The molecule has 7 heteroatoms. The van der Waals surface area contributed by atoms with Crippen molar-refractivity contribution in [1.29, 1.82) is 0 Å². The zero-order chi connectivity index (χ0) is 16.1. The molecule has 1 aliphatic heterocycles. The second-order valence-electron chi connectivity index (χ2n) is 5.42. The van der Waals surface area contributed by atoms with E-state index in [4.69, 9.17) is 11.5 Å². The Balaban J connectivity index is 1.82. The topological polar surface area (TPSA) is 85.2 Å². The van der Waals surface area contributed by atoms with Crippen molar-refractivity contribution in [2.45, 2.75) is 31.7 Å². The number of carbonyl (C=O) groups excluding carboxylic acids is 1. The number of rotatable bonds is 4. The summed E-state index contributed by atoms with van der Waals surface area (Å²) in [6, 6.07) is 2.91. The lowest BCUT2D eigenvalue weighted by molar-refractivity contribution is -0.133. The lowest BCUT2D eigenvalue weighted by atomic mass is 10.0. The number of nitrogens with zero attached hydrogens (tertiary/aromatic N) is 2. The molecule has 2 heterocycles. The monoisotopic (exact) mass is 310 g/mol. The Bertz CT molecular complexity index is 545. The van der Waals surface area contributed by atoms with Gasteiger partial charge in [-0.25, -0.2) is 0 Å². The molecule has 5 nitrogen and oxygen atoms in total. The Labute approximate surface area is 128 Å². The van der Waals surface area contributed by atoms with E-state index in [1.165, 1.54) is 0 Å². The summed E-state index contributed by atoms with van der Waals surface area (Å²) in [4.78, 5) is 17.9. The maximum Gasteiger partial charge on any atom is 0.269 e. The first-order valence-corrected chi connectivity index (χ1v) is 7.25. The highest BCUT2D eigenvalue weighted by Gasteiger charge is 2.25. The van der Waals surface area contributed by atoms with Crippen LogP contribution in [-0.2, 0) is 11.2 Å². The van der Waals surface area contributed by atoms with Gasteiger partial charge in [0.25, 0.3) is 6.08 Å². The van der Waals surface area contributed by atoms with Crippen molar-refractivity contribution >= 4 is 11.6 Å². The van der Waals surface area contributed by atoms with Gasteiger partial charge >= 0.3 is 0 Å². The molecule has 4 N–H and O–H groups in total. The number of halogens is 2. The molecule has 2 rings (SSSR count). The third-order valence-corrected chi connectivity index (χ3v) is 3.82. The van der Waals surface area contributed by atoms with Crippen LogP contribution in [0.15, 0.2) is 30.0 Å². The van der Waals surface area contributed by atoms with Crippen LogP contribution < -0.4 is 11.5 Å². The van der Waals surface area contributed by atoms with Crippen molar-refractivity contribution in [1.82, 2.24) is 9.88 Å². The van der Waals surface area contributed by atoms with E-state index < -0.39 is 12.1 Å². The third-order valence-electron chi connectivity index (χ3n) is 3.82. The average molecular weight is 310 g/mol. The summed E-state index contributed by atoms with van der Waals surface area (Å²) in [6.45, 7) is 0.610. The molecule has 22 heavy (non-hydrogen) atoms. The molecule has 1 aromatic heterocycles. The molecule has 1 saturated heterocycles. The predicted octanol–water partition coefficient (Wildman–Crippen LogP) is 1.70. The van der Waals surface area contributed by atoms with Crippen molar-refractivity contribution in [3.8, 4) is 0 Å². The Hall–Kier alpha value is -2.02. The maximum atomic E-state index is 12.5. The summed E-state index contributed by atoms with van der Waals surface area (Å²) in [5, 5.41) is 0. The van der Waals surface area contributed by atoms with Crippen molar-refractivity contribution in [3.63, 3.8) is 0 Å². The van der Waals surface area contributed by atoms with Crippen LogP contribution in [0.2, 0.25) is 0 Å². The van der Waals surface area contributed by atoms with Gasteiger partial charge in [-0.3, -0.25) is 9.78 Å². The summed E-state index contributed by atoms with van der Waals surface area (Å²) in [6.07, 6.45) is 1.43. The van der Waals surface area contributed by atoms with Crippen LogP contribution in [0.5, 0.6) is 0 Å². The van der Waals surface area contributed by atoms with Gasteiger partial charge in [0.15, 0.2) is 0 Å². The van der Waals surface area contributed by atoms with Crippen LogP contribution in [0.3, 0.4) is 0 Å². The number of anilines is 1. The highest BCUT2D eigenvalue weighted by molar-refractivity contribution is 5.81. The first kappa shape index (κ1) is 16.4. The minimum absolute atomic E-state index is 0.142. The Morgan fingerprint density at radius 3 is 2.55 bits per heavy atom. The molecule has 0 bridgehead atoms. The molecule has 120 valence electrons. The predicted molar refractivity (Wildman–Crippen MR) is 80.0 cm³/mol. The van der Waals surface area contributed by atoms with E-state index in [0.717, 1.165) is 5.69 Å². The van der Waals surface area contributed by atoms with Gasteiger partial charge in [-0.1, -0.05) is 0 Å². The first-order valence-electron chi connectivity index (χ1n) is 7.25.